The molecule has 2 heterocycles. The second-order valence-electron chi connectivity index (χ2n) is 6.19. The van der Waals surface area contributed by atoms with E-state index in [1.54, 1.807) is 0 Å². The summed E-state index contributed by atoms with van der Waals surface area (Å²) >= 11 is 0. The molecule has 0 bridgehead atoms. The lowest BCUT2D eigenvalue weighted by molar-refractivity contribution is -0.340. The van der Waals surface area contributed by atoms with Crippen LogP contribution in [0.3, 0.4) is 0 Å². The van der Waals surface area contributed by atoms with Crippen molar-refractivity contribution >= 4 is 16.3 Å². The molecule has 10 atom stereocenters. The van der Waals surface area contributed by atoms with Crippen LogP contribution in [0.5, 0.6) is 0 Å². The Hall–Kier alpha value is -1.02. The van der Waals surface area contributed by atoms with E-state index in [4.69, 9.17) is 23.9 Å². The quantitative estimate of drug-likeness (QED) is 0.176. The highest BCUT2D eigenvalue weighted by Crippen LogP contribution is 2.29. The van der Waals surface area contributed by atoms with Crippen molar-refractivity contribution in [2.45, 2.75) is 61.3 Å². The molecule has 0 spiro atoms. The topological polar surface area (TPSA) is 253 Å². The van der Waals surface area contributed by atoms with E-state index in [0.717, 1.165) is 0 Å². The molecule has 0 radical (unpaired) electrons. The zero-order valence-electron chi connectivity index (χ0n) is 13.9. The summed E-state index contributed by atoms with van der Waals surface area (Å²) < 4.78 is 47.2. The molecule has 0 aromatic heterocycles. The average molecular weight is 435 g/mol. The zero-order chi connectivity index (χ0) is 21.4. The first kappa shape index (κ1) is 23.3. The van der Waals surface area contributed by atoms with E-state index in [0.29, 0.717) is 0 Å². The first-order valence-corrected chi connectivity index (χ1v) is 9.26. The summed E-state index contributed by atoms with van der Waals surface area (Å²) in [5, 5.41) is 67.7. The Morgan fingerprint density at radius 2 is 1.61 bits per heavy atom. The first-order valence-electron chi connectivity index (χ1n) is 7.82. The first-order chi connectivity index (χ1) is 12.9. The van der Waals surface area contributed by atoms with Crippen molar-refractivity contribution in [1.29, 1.82) is 0 Å². The molecule has 0 saturated carbocycles. The molecule has 2 saturated heterocycles. The molecule has 2 fully saturated rings. The van der Waals surface area contributed by atoms with Gasteiger partial charge in [-0.2, -0.15) is 13.1 Å². The van der Waals surface area contributed by atoms with E-state index < -0.39 is 84.2 Å². The third-order valence-electron chi connectivity index (χ3n) is 4.26. The lowest BCUT2D eigenvalue weighted by atomic mass is 9.96. The summed E-state index contributed by atoms with van der Waals surface area (Å²) in [6, 6.07) is -1.88. The van der Waals surface area contributed by atoms with Gasteiger partial charge in [-0.05, 0) is 0 Å². The number of rotatable bonds is 6. The van der Waals surface area contributed by atoms with Crippen LogP contribution in [0.15, 0.2) is 0 Å². The fraction of sp³-hybridized carbons (Fsp3) is 0.917. The molecule has 2 aliphatic heterocycles. The number of carboxylic acids is 1. The van der Waals surface area contributed by atoms with Crippen LogP contribution in [0, 0.1) is 0 Å². The van der Waals surface area contributed by atoms with Gasteiger partial charge < -0.3 is 50.0 Å². The highest BCUT2D eigenvalue weighted by Gasteiger charge is 2.52. The molecule has 0 amide bonds. The Bertz CT molecular complexity index is 659. The van der Waals surface area contributed by atoms with Crippen molar-refractivity contribution in [2.75, 3.05) is 6.61 Å². The summed E-state index contributed by atoms with van der Waals surface area (Å²) in [5.41, 5.74) is 0. The van der Waals surface area contributed by atoms with Crippen LogP contribution in [-0.4, -0.2) is 123 Å². The van der Waals surface area contributed by atoms with Gasteiger partial charge in [-0.25, -0.2) is 4.79 Å². The highest BCUT2D eigenvalue weighted by atomic mass is 32.2. The molecule has 15 nitrogen and oxygen atoms in total. The number of aliphatic carboxylic acids is 1. The normalized spacial score (nSPS) is 45.0. The minimum absolute atomic E-state index is 0.881. The molecular formula is C12H21NO14S. The van der Waals surface area contributed by atoms with Gasteiger partial charge in [0.25, 0.3) is 0 Å². The number of hydrogen-bond acceptors (Lipinski definition) is 12. The number of nitrogens with one attached hydrogen (secondary N) is 1. The number of hydrogen-bond donors (Lipinski definition) is 9. The van der Waals surface area contributed by atoms with Gasteiger partial charge in [0.2, 0.25) is 0 Å². The molecule has 2 aliphatic rings. The average Bonchev–Trinajstić information content (AvgIpc) is 2.59. The molecule has 16 heteroatoms. The maximum absolute atomic E-state index is 11.1. The van der Waals surface area contributed by atoms with Gasteiger partial charge in [0.15, 0.2) is 18.7 Å². The minimum atomic E-state index is -4.92. The molecule has 10 unspecified atom stereocenters. The molecule has 9 N–H and O–H groups in total. The standard InChI is InChI=1S/C12H21NO14S/c14-1-2-8(4(15)3(11(21)25-2)13-28(22,23)24)26-12-7(18)5(16)6(17)9(27-12)10(19)20/h2-9,11-18,21H,1H2,(H,19,20)(H,22,23,24). The second kappa shape index (κ2) is 8.78. The van der Waals surface area contributed by atoms with Crippen molar-refractivity contribution in [1.82, 2.24) is 4.72 Å². The van der Waals surface area contributed by atoms with E-state index in [2.05, 4.69) is 0 Å². The van der Waals surface area contributed by atoms with Gasteiger partial charge in [-0.3, -0.25) is 4.55 Å². The van der Waals surface area contributed by atoms with Crippen molar-refractivity contribution < 1.29 is 67.7 Å². The molecule has 2 rings (SSSR count). The van der Waals surface area contributed by atoms with Gasteiger partial charge in [0.1, 0.15) is 42.7 Å². The number of aliphatic hydroxyl groups is 6. The summed E-state index contributed by atoms with van der Waals surface area (Å²) in [7, 11) is -4.92. The Balaban J connectivity index is 2.23. The number of carboxylic acid groups (broad SMARTS) is 1. The minimum Gasteiger partial charge on any atom is -0.479 e. The third-order valence-corrected chi connectivity index (χ3v) is 4.83. The SMILES string of the molecule is O=C(O)C1OC(OC2C(CO)OC(O)C(NS(=O)(=O)O)C2O)C(O)C(O)C1O. The smallest absolute Gasteiger partial charge is 0.335 e. The van der Waals surface area contributed by atoms with Gasteiger partial charge >= 0.3 is 16.3 Å². The molecule has 164 valence electrons. The highest BCUT2D eigenvalue weighted by molar-refractivity contribution is 7.83. The number of aliphatic hydroxyl groups excluding tert-OH is 6. The largest absolute Gasteiger partial charge is 0.479 e. The predicted molar refractivity (Wildman–Crippen MR) is 81.6 cm³/mol. The van der Waals surface area contributed by atoms with E-state index >= 15 is 0 Å². The molecule has 0 aromatic rings. The van der Waals surface area contributed by atoms with Crippen LogP contribution < -0.4 is 4.72 Å². The van der Waals surface area contributed by atoms with Gasteiger partial charge in [-0.15, -0.1) is 0 Å². The van der Waals surface area contributed by atoms with Gasteiger partial charge in [-0.1, -0.05) is 0 Å². The van der Waals surface area contributed by atoms with Crippen molar-refractivity contribution in [3.63, 3.8) is 0 Å². The Morgan fingerprint density at radius 1 is 1.00 bits per heavy atom. The monoisotopic (exact) mass is 435 g/mol. The lowest BCUT2D eigenvalue weighted by Gasteiger charge is -2.45. The maximum atomic E-state index is 11.1. The van der Waals surface area contributed by atoms with Crippen LogP contribution >= 0.6 is 0 Å². The van der Waals surface area contributed by atoms with Crippen LogP contribution in [0.1, 0.15) is 0 Å². The summed E-state index contributed by atoms with van der Waals surface area (Å²) in [6.45, 7) is -0.881. The summed E-state index contributed by atoms with van der Waals surface area (Å²) in [4.78, 5) is 11.1. The molecular weight excluding hydrogens is 414 g/mol. The third kappa shape index (κ3) is 4.93. The van der Waals surface area contributed by atoms with E-state index in [9.17, 15) is 43.9 Å². The Morgan fingerprint density at radius 3 is 2.11 bits per heavy atom. The fourth-order valence-corrected chi connectivity index (χ4v) is 3.47. The van der Waals surface area contributed by atoms with Crippen LogP contribution in [0.25, 0.3) is 0 Å². The Kier molecular flexibility index (Phi) is 7.29. The number of ether oxygens (including phenoxy) is 3. The summed E-state index contributed by atoms with van der Waals surface area (Å²) in [5.74, 6) is -1.70. The predicted octanol–water partition coefficient (Wildman–Crippen LogP) is -5.90. The van der Waals surface area contributed by atoms with E-state index in [-0.39, 0.29) is 0 Å². The van der Waals surface area contributed by atoms with Crippen LogP contribution in [0.4, 0.5) is 0 Å². The molecule has 0 aliphatic carbocycles. The molecule has 28 heavy (non-hydrogen) atoms. The second-order valence-corrected chi connectivity index (χ2v) is 7.38. The zero-order valence-corrected chi connectivity index (χ0v) is 14.7. The Labute approximate surface area is 157 Å². The van der Waals surface area contributed by atoms with Gasteiger partial charge in [0, 0.05) is 0 Å². The van der Waals surface area contributed by atoms with E-state index in [1.165, 1.54) is 4.72 Å². The van der Waals surface area contributed by atoms with Gasteiger partial charge in [0.05, 0.1) is 6.61 Å². The van der Waals surface area contributed by atoms with Crippen molar-refractivity contribution in [3.8, 4) is 0 Å². The van der Waals surface area contributed by atoms with Crippen LogP contribution in [0.2, 0.25) is 0 Å². The number of carbonyl (C=O) groups is 1. The maximum Gasteiger partial charge on any atom is 0.335 e. The van der Waals surface area contributed by atoms with Crippen molar-refractivity contribution in [2.24, 2.45) is 0 Å². The fourth-order valence-electron chi connectivity index (χ4n) is 2.87. The molecule has 0 aromatic carbocycles. The summed E-state index contributed by atoms with van der Waals surface area (Å²) in [6.07, 6.45) is -17.3. The van der Waals surface area contributed by atoms with Crippen LogP contribution in [-0.2, 0) is 29.3 Å². The van der Waals surface area contributed by atoms with Crippen molar-refractivity contribution in [3.05, 3.63) is 0 Å². The van der Waals surface area contributed by atoms with E-state index in [1.807, 2.05) is 0 Å². The lowest BCUT2D eigenvalue weighted by Crippen LogP contribution is -2.67.